The minimum Gasteiger partial charge on any atom is -0.367 e. The lowest BCUT2D eigenvalue weighted by molar-refractivity contribution is -0.123. The summed E-state index contributed by atoms with van der Waals surface area (Å²) in [6, 6.07) is 12.5. The van der Waals surface area contributed by atoms with Crippen LogP contribution in [0.4, 0.5) is 15.8 Å². The Morgan fingerprint density at radius 3 is 2.38 bits per heavy atom. The molecular weight excluding hydrogens is 369 g/mol. The van der Waals surface area contributed by atoms with Gasteiger partial charge in [0.05, 0.1) is 11.7 Å². The molecule has 2 aliphatic heterocycles. The molecule has 0 bridgehead atoms. The Balaban J connectivity index is 1.40. The van der Waals surface area contributed by atoms with E-state index in [1.807, 2.05) is 34.9 Å². The first-order valence-corrected chi connectivity index (χ1v) is 10.1. The van der Waals surface area contributed by atoms with Crippen molar-refractivity contribution in [3.05, 3.63) is 59.4 Å². The summed E-state index contributed by atoms with van der Waals surface area (Å²) in [5, 5.41) is 0. The molecule has 6 heteroatoms. The predicted molar refractivity (Wildman–Crippen MR) is 112 cm³/mol. The summed E-state index contributed by atoms with van der Waals surface area (Å²) in [6.07, 6.45) is 0.901. The largest absolute Gasteiger partial charge is 0.367 e. The van der Waals surface area contributed by atoms with E-state index in [0.717, 1.165) is 18.7 Å². The molecule has 0 spiro atoms. The maximum atomic E-state index is 14.5. The third-order valence-electron chi connectivity index (χ3n) is 6.07. The Hall–Kier alpha value is -2.73. The third kappa shape index (κ3) is 3.77. The quantitative estimate of drug-likeness (QED) is 0.746. The number of hydrogen-bond acceptors (Lipinski definition) is 4. The van der Waals surface area contributed by atoms with Crippen LogP contribution in [0.1, 0.15) is 29.8 Å². The van der Waals surface area contributed by atoms with E-state index in [1.54, 1.807) is 12.1 Å². The first kappa shape index (κ1) is 19.6. The minimum absolute atomic E-state index is 0.125. The molecule has 0 aromatic heterocycles. The number of Topliss-reactive ketones (excluding diaryl/α,β-unsaturated/α-hetero) is 1. The Kier molecular flexibility index (Phi) is 5.37. The van der Waals surface area contributed by atoms with Crippen LogP contribution in [-0.4, -0.2) is 55.4 Å². The number of nitrogens with zero attached hydrogens (tertiary/aromatic N) is 3. The first-order valence-electron chi connectivity index (χ1n) is 10.1. The van der Waals surface area contributed by atoms with E-state index in [-0.39, 0.29) is 23.5 Å². The van der Waals surface area contributed by atoms with Crippen molar-refractivity contribution < 1.29 is 14.0 Å². The average Bonchev–Trinajstić information content (AvgIpc) is 3.17. The van der Waals surface area contributed by atoms with Crippen LogP contribution >= 0.6 is 0 Å². The second-order valence-corrected chi connectivity index (χ2v) is 7.79. The standard InChI is InChI=1S/C23H26FN3O2/c1-16(23(29)27-10-9-18-5-3-4-6-21(18)27)25-11-13-26(14-12-25)22-8-7-19(17(2)28)15-20(22)24/h3-8,15-16H,9-14H2,1-2H3/t16-/m0/s1. The number of ketones is 1. The zero-order valence-corrected chi connectivity index (χ0v) is 16.9. The molecule has 1 fully saturated rings. The summed E-state index contributed by atoms with van der Waals surface area (Å²) >= 11 is 0. The first-order chi connectivity index (χ1) is 14.0. The highest BCUT2D eigenvalue weighted by Crippen LogP contribution is 2.29. The molecule has 1 amide bonds. The van der Waals surface area contributed by atoms with Crippen molar-refractivity contribution >= 4 is 23.1 Å². The molecule has 4 rings (SSSR count). The van der Waals surface area contributed by atoms with Crippen molar-refractivity contribution in [1.82, 2.24) is 4.90 Å². The molecule has 0 radical (unpaired) electrons. The second kappa shape index (κ2) is 7.95. The molecule has 2 aromatic carbocycles. The topological polar surface area (TPSA) is 43.9 Å². The average molecular weight is 395 g/mol. The Morgan fingerprint density at radius 1 is 0.966 bits per heavy atom. The van der Waals surface area contributed by atoms with Crippen LogP contribution in [0, 0.1) is 5.82 Å². The molecule has 2 aliphatic rings. The van der Waals surface area contributed by atoms with Gasteiger partial charge in [-0.1, -0.05) is 18.2 Å². The monoisotopic (exact) mass is 395 g/mol. The molecule has 29 heavy (non-hydrogen) atoms. The van der Waals surface area contributed by atoms with E-state index in [2.05, 4.69) is 11.0 Å². The summed E-state index contributed by atoms with van der Waals surface area (Å²) in [5.41, 5.74) is 3.15. The van der Waals surface area contributed by atoms with Gasteiger partial charge in [0.1, 0.15) is 5.82 Å². The summed E-state index contributed by atoms with van der Waals surface area (Å²) in [7, 11) is 0. The number of rotatable bonds is 4. The number of piperazine rings is 1. The van der Waals surface area contributed by atoms with Gasteiger partial charge in [-0.3, -0.25) is 14.5 Å². The Morgan fingerprint density at radius 2 is 1.69 bits per heavy atom. The number of carbonyl (C=O) groups is 2. The van der Waals surface area contributed by atoms with E-state index in [9.17, 15) is 14.0 Å². The van der Waals surface area contributed by atoms with Gasteiger partial charge in [-0.15, -0.1) is 0 Å². The van der Waals surface area contributed by atoms with Gasteiger partial charge in [0.15, 0.2) is 5.78 Å². The SMILES string of the molecule is CC(=O)c1ccc(N2CCN([C@@H](C)C(=O)N3CCc4ccccc43)CC2)c(F)c1. The van der Waals surface area contributed by atoms with Gasteiger partial charge < -0.3 is 9.80 Å². The summed E-state index contributed by atoms with van der Waals surface area (Å²) < 4.78 is 14.5. The highest BCUT2D eigenvalue weighted by atomic mass is 19.1. The van der Waals surface area contributed by atoms with E-state index in [4.69, 9.17) is 0 Å². The van der Waals surface area contributed by atoms with Crippen molar-refractivity contribution in [3.8, 4) is 0 Å². The highest BCUT2D eigenvalue weighted by molar-refractivity contribution is 5.98. The number of hydrogen-bond donors (Lipinski definition) is 0. The smallest absolute Gasteiger partial charge is 0.244 e. The van der Waals surface area contributed by atoms with E-state index < -0.39 is 0 Å². The maximum Gasteiger partial charge on any atom is 0.244 e. The molecule has 5 nitrogen and oxygen atoms in total. The van der Waals surface area contributed by atoms with Gasteiger partial charge >= 0.3 is 0 Å². The van der Waals surface area contributed by atoms with Crippen molar-refractivity contribution in [2.75, 3.05) is 42.5 Å². The number of halogens is 1. The summed E-state index contributed by atoms with van der Waals surface area (Å²) in [4.78, 5) is 30.6. The molecular formula is C23H26FN3O2. The molecule has 0 unspecified atom stereocenters. The van der Waals surface area contributed by atoms with Gasteiger partial charge in [0, 0.05) is 44.0 Å². The van der Waals surface area contributed by atoms with Crippen LogP contribution in [0.25, 0.3) is 0 Å². The zero-order valence-electron chi connectivity index (χ0n) is 16.9. The van der Waals surface area contributed by atoms with Crippen molar-refractivity contribution in [1.29, 1.82) is 0 Å². The number of benzene rings is 2. The fraction of sp³-hybridized carbons (Fsp3) is 0.391. The van der Waals surface area contributed by atoms with E-state index in [0.29, 0.717) is 37.4 Å². The molecule has 152 valence electrons. The number of anilines is 2. The third-order valence-corrected chi connectivity index (χ3v) is 6.07. The van der Waals surface area contributed by atoms with Crippen molar-refractivity contribution in [2.24, 2.45) is 0 Å². The van der Waals surface area contributed by atoms with Gasteiger partial charge in [0.2, 0.25) is 5.91 Å². The number of para-hydroxylation sites is 1. The van der Waals surface area contributed by atoms with Crippen molar-refractivity contribution in [3.63, 3.8) is 0 Å². The van der Waals surface area contributed by atoms with Crippen LogP contribution in [0.3, 0.4) is 0 Å². The molecule has 0 N–H and O–H groups in total. The molecule has 1 saturated heterocycles. The molecule has 2 aromatic rings. The molecule has 0 saturated carbocycles. The number of amides is 1. The lowest BCUT2D eigenvalue weighted by Gasteiger charge is -2.39. The van der Waals surface area contributed by atoms with Crippen LogP contribution in [0.5, 0.6) is 0 Å². The fourth-order valence-corrected chi connectivity index (χ4v) is 4.28. The number of fused-ring (bicyclic) bond motifs is 1. The Bertz CT molecular complexity index is 937. The van der Waals surface area contributed by atoms with Crippen LogP contribution in [0.2, 0.25) is 0 Å². The van der Waals surface area contributed by atoms with Crippen LogP contribution in [-0.2, 0) is 11.2 Å². The van der Waals surface area contributed by atoms with Gasteiger partial charge in [-0.25, -0.2) is 4.39 Å². The van der Waals surface area contributed by atoms with Crippen LogP contribution < -0.4 is 9.80 Å². The molecule has 0 aliphatic carbocycles. The van der Waals surface area contributed by atoms with E-state index >= 15 is 0 Å². The number of carbonyl (C=O) groups excluding carboxylic acids is 2. The lowest BCUT2D eigenvalue weighted by atomic mass is 10.1. The van der Waals surface area contributed by atoms with Crippen LogP contribution in [0.15, 0.2) is 42.5 Å². The molecule has 1 atom stereocenters. The summed E-state index contributed by atoms with van der Waals surface area (Å²) in [5.74, 6) is -0.388. The van der Waals surface area contributed by atoms with Gasteiger partial charge in [0.25, 0.3) is 0 Å². The fourth-order valence-electron chi connectivity index (χ4n) is 4.28. The minimum atomic E-state index is -0.371. The lowest BCUT2D eigenvalue weighted by Crippen LogP contribution is -2.54. The second-order valence-electron chi connectivity index (χ2n) is 7.79. The highest BCUT2D eigenvalue weighted by Gasteiger charge is 2.32. The van der Waals surface area contributed by atoms with Gasteiger partial charge in [-0.05, 0) is 50.1 Å². The van der Waals surface area contributed by atoms with E-state index in [1.165, 1.54) is 18.6 Å². The normalized spacial score (nSPS) is 17.9. The Labute approximate surface area is 170 Å². The predicted octanol–water partition coefficient (Wildman–Crippen LogP) is 3.13. The van der Waals surface area contributed by atoms with Gasteiger partial charge in [-0.2, -0.15) is 0 Å². The molecule has 2 heterocycles. The summed E-state index contributed by atoms with van der Waals surface area (Å²) in [6.45, 7) is 6.80. The van der Waals surface area contributed by atoms with Crippen molar-refractivity contribution in [2.45, 2.75) is 26.3 Å². The zero-order chi connectivity index (χ0) is 20.5. The maximum absolute atomic E-state index is 14.5.